The van der Waals surface area contributed by atoms with Crippen molar-refractivity contribution in [3.8, 4) is 0 Å². The standard InChI is InChI=1S/C11H8F3N3/c12-7-3-9(14)10(4-8(7)13)17-6-1-2-11(15)16-5-6/h1-5,17H,(H2,15,16). The molecular weight excluding hydrogens is 231 g/mol. The van der Waals surface area contributed by atoms with Crippen molar-refractivity contribution in [1.82, 2.24) is 4.98 Å². The molecule has 2 rings (SSSR count). The van der Waals surface area contributed by atoms with Crippen LogP contribution in [0.15, 0.2) is 30.5 Å². The van der Waals surface area contributed by atoms with Gasteiger partial charge in [-0.2, -0.15) is 0 Å². The van der Waals surface area contributed by atoms with E-state index in [-0.39, 0.29) is 5.69 Å². The average molecular weight is 239 g/mol. The summed E-state index contributed by atoms with van der Waals surface area (Å²) >= 11 is 0. The van der Waals surface area contributed by atoms with Crippen molar-refractivity contribution in [2.45, 2.75) is 0 Å². The molecule has 0 saturated carbocycles. The smallest absolute Gasteiger partial charge is 0.161 e. The Bertz CT molecular complexity index is 540. The van der Waals surface area contributed by atoms with Crippen LogP contribution in [0, 0.1) is 17.5 Å². The average Bonchev–Trinajstić information content (AvgIpc) is 2.29. The van der Waals surface area contributed by atoms with E-state index in [1.54, 1.807) is 6.07 Å². The lowest BCUT2D eigenvalue weighted by atomic mass is 10.2. The predicted octanol–water partition coefficient (Wildman–Crippen LogP) is 2.82. The fourth-order valence-electron chi connectivity index (χ4n) is 1.25. The molecule has 0 aliphatic rings. The Morgan fingerprint density at radius 2 is 1.71 bits per heavy atom. The third-order valence-electron chi connectivity index (χ3n) is 2.08. The maximum atomic E-state index is 13.3. The molecule has 0 fully saturated rings. The minimum Gasteiger partial charge on any atom is -0.384 e. The van der Waals surface area contributed by atoms with Crippen molar-refractivity contribution in [2.75, 3.05) is 11.1 Å². The SMILES string of the molecule is Nc1ccc(Nc2cc(F)c(F)cc2F)cn1. The Morgan fingerprint density at radius 3 is 2.35 bits per heavy atom. The first-order valence-corrected chi connectivity index (χ1v) is 4.69. The number of benzene rings is 1. The number of nitrogens with one attached hydrogen (secondary N) is 1. The first-order chi connectivity index (χ1) is 8.06. The number of halogens is 3. The van der Waals surface area contributed by atoms with E-state index in [2.05, 4.69) is 10.3 Å². The molecule has 88 valence electrons. The van der Waals surface area contributed by atoms with E-state index in [9.17, 15) is 13.2 Å². The third kappa shape index (κ3) is 2.47. The van der Waals surface area contributed by atoms with E-state index >= 15 is 0 Å². The van der Waals surface area contributed by atoms with E-state index < -0.39 is 17.5 Å². The first-order valence-electron chi connectivity index (χ1n) is 4.69. The van der Waals surface area contributed by atoms with Gasteiger partial charge in [0.2, 0.25) is 0 Å². The van der Waals surface area contributed by atoms with Crippen LogP contribution < -0.4 is 11.1 Å². The summed E-state index contributed by atoms with van der Waals surface area (Å²) < 4.78 is 38.9. The molecule has 0 bridgehead atoms. The fourth-order valence-corrected chi connectivity index (χ4v) is 1.25. The van der Waals surface area contributed by atoms with Gasteiger partial charge in [-0.15, -0.1) is 0 Å². The van der Waals surface area contributed by atoms with Crippen LogP contribution in [0.1, 0.15) is 0 Å². The van der Waals surface area contributed by atoms with Crippen LogP contribution in [-0.2, 0) is 0 Å². The Hall–Kier alpha value is -2.24. The molecule has 0 aliphatic carbocycles. The van der Waals surface area contributed by atoms with Gasteiger partial charge in [-0.25, -0.2) is 18.2 Å². The lowest BCUT2D eigenvalue weighted by Crippen LogP contribution is -1.98. The number of anilines is 3. The van der Waals surface area contributed by atoms with E-state index in [4.69, 9.17) is 5.73 Å². The van der Waals surface area contributed by atoms with Crippen molar-refractivity contribution in [3.63, 3.8) is 0 Å². The summed E-state index contributed by atoms with van der Waals surface area (Å²) in [6, 6.07) is 4.26. The minimum absolute atomic E-state index is 0.171. The Balaban J connectivity index is 2.30. The van der Waals surface area contributed by atoms with Gasteiger partial charge in [0.05, 0.1) is 17.6 Å². The van der Waals surface area contributed by atoms with Crippen LogP contribution in [0.2, 0.25) is 0 Å². The van der Waals surface area contributed by atoms with Gasteiger partial charge in [0.15, 0.2) is 11.6 Å². The van der Waals surface area contributed by atoms with E-state index in [1.165, 1.54) is 12.3 Å². The Labute approximate surface area is 95.1 Å². The number of rotatable bonds is 2. The van der Waals surface area contributed by atoms with E-state index in [0.29, 0.717) is 17.6 Å². The van der Waals surface area contributed by atoms with Crippen molar-refractivity contribution < 1.29 is 13.2 Å². The summed E-state index contributed by atoms with van der Waals surface area (Å²) in [5, 5.41) is 2.57. The second-order valence-electron chi connectivity index (χ2n) is 3.34. The summed E-state index contributed by atoms with van der Waals surface area (Å²) in [5.41, 5.74) is 5.62. The number of hydrogen-bond acceptors (Lipinski definition) is 3. The molecule has 1 aromatic heterocycles. The molecule has 3 nitrogen and oxygen atoms in total. The molecule has 0 amide bonds. The number of nitrogens with zero attached hydrogens (tertiary/aromatic N) is 1. The summed E-state index contributed by atoms with van der Waals surface area (Å²) in [6.45, 7) is 0. The molecule has 1 aromatic carbocycles. The van der Waals surface area contributed by atoms with Gasteiger partial charge >= 0.3 is 0 Å². The van der Waals surface area contributed by atoms with Crippen molar-refractivity contribution in [3.05, 3.63) is 47.9 Å². The molecule has 0 radical (unpaired) electrons. The number of aromatic nitrogens is 1. The summed E-state index contributed by atoms with van der Waals surface area (Å²) in [4.78, 5) is 3.77. The number of nitrogen functional groups attached to an aromatic ring is 1. The summed E-state index contributed by atoms with van der Waals surface area (Å²) in [7, 11) is 0. The van der Waals surface area contributed by atoms with Gasteiger partial charge in [0.25, 0.3) is 0 Å². The van der Waals surface area contributed by atoms with Crippen molar-refractivity contribution in [2.24, 2.45) is 0 Å². The lowest BCUT2D eigenvalue weighted by Gasteiger charge is -2.07. The first kappa shape index (κ1) is 11.3. The summed E-state index contributed by atoms with van der Waals surface area (Å²) in [6.07, 6.45) is 1.36. The second-order valence-corrected chi connectivity index (χ2v) is 3.34. The summed E-state index contributed by atoms with van der Waals surface area (Å²) in [5.74, 6) is -2.94. The second kappa shape index (κ2) is 4.32. The Kier molecular flexibility index (Phi) is 2.86. The van der Waals surface area contributed by atoms with Crippen molar-refractivity contribution >= 4 is 17.2 Å². The number of nitrogens with two attached hydrogens (primary N) is 1. The highest BCUT2D eigenvalue weighted by molar-refractivity contribution is 5.60. The highest BCUT2D eigenvalue weighted by Crippen LogP contribution is 2.22. The van der Waals surface area contributed by atoms with Gasteiger partial charge in [-0.1, -0.05) is 0 Å². The largest absolute Gasteiger partial charge is 0.384 e. The number of pyridine rings is 1. The molecule has 0 spiro atoms. The molecule has 3 N–H and O–H groups in total. The zero-order valence-corrected chi connectivity index (χ0v) is 8.55. The number of hydrogen-bond donors (Lipinski definition) is 2. The van der Waals surface area contributed by atoms with Crippen molar-refractivity contribution in [1.29, 1.82) is 0 Å². The van der Waals surface area contributed by atoms with Gasteiger partial charge in [-0.3, -0.25) is 0 Å². The highest BCUT2D eigenvalue weighted by atomic mass is 19.2. The molecule has 2 aromatic rings. The normalized spacial score (nSPS) is 10.3. The zero-order chi connectivity index (χ0) is 12.4. The van der Waals surface area contributed by atoms with Crippen LogP contribution in [0.5, 0.6) is 0 Å². The highest BCUT2D eigenvalue weighted by Gasteiger charge is 2.09. The van der Waals surface area contributed by atoms with Gasteiger partial charge < -0.3 is 11.1 Å². The van der Waals surface area contributed by atoms with Gasteiger partial charge in [0.1, 0.15) is 11.6 Å². The van der Waals surface area contributed by atoms with Crippen LogP contribution in [-0.4, -0.2) is 4.98 Å². The topological polar surface area (TPSA) is 50.9 Å². The zero-order valence-electron chi connectivity index (χ0n) is 8.55. The molecule has 0 aliphatic heterocycles. The van der Waals surface area contributed by atoms with Crippen LogP contribution in [0.25, 0.3) is 0 Å². The maximum Gasteiger partial charge on any atom is 0.161 e. The van der Waals surface area contributed by atoms with E-state index in [1.807, 2.05) is 0 Å². The molecule has 1 heterocycles. The predicted molar refractivity (Wildman–Crippen MR) is 58.2 cm³/mol. The quantitative estimate of drug-likeness (QED) is 0.792. The molecule has 17 heavy (non-hydrogen) atoms. The molecular formula is C11H8F3N3. The third-order valence-corrected chi connectivity index (χ3v) is 2.08. The van der Waals surface area contributed by atoms with E-state index in [0.717, 1.165) is 6.07 Å². The monoisotopic (exact) mass is 239 g/mol. The van der Waals surface area contributed by atoms with Crippen LogP contribution in [0.3, 0.4) is 0 Å². The Morgan fingerprint density at radius 1 is 1.00 bits per heavy atom. The minimum atomic E-state index is -1.23. The van der Waals surface area contributed by atoms with Gasteiger partial charge in [-0.05, 0) is 12.1 Å². The molecule has 0 unspecified atom stereocenters. The fraction of sp³-hybridized carbons (Fsp3) is 0. The lowest BCUT2D eigenvalue weighted by molar-refractivity contribution is 0.496. The molecule has 0 atom stereocenters. The van der Waals surface area contributed by atoms with Crippen LogP contribution in [0.4, 0.5) is 30.4 Å². The van der Waals surface area contributed by atoms with Gasteiger partial charge in [0, 0.05) is 12.1 Å². The molecule has 0 saturated heterocycles. The molecule has 6 heteroatoms. The maximum absolute atomic E-state index is 13.3. The van der Waals surface area contributed by atoms with Crippen LogP contribution >= 0.6 is 0 Å².